The molecule has 8 heteroatoms. The van der Waals surface area contributed by atoms with Crippen molar-refractivity contribution in [1.82, 2.24) is 20.9 Å². The summed E-state index contributed by atoms with van der Waals surface area (Å²) in [5, 5.41) is 9.11. The molecule has 1 heterocycles. The Balaban J connectivity index is 2.31. The summed E-state index contributed by atoms with van der Waals surface area (Å²) in [4.78, 5) is 25.6. The van der Waals surface area contributed by atoms with E-state index in [0.29, 0.717) is 0 Å². The fourth-order valence-electron chi connectivity index (χ4n) is 0.536. The zero-order valence-corrected chi connectivity index (χ0v) is 6.48. The van der Waals surface area contributed by atoms with E-state index >= 15 is 0 Å². The topological polar surface area (TPSA) is 123 Å². The highest BCUT2D eigenvalue weighted by Gasteiger charge is 2.07. The van der Waals surface area contributed by atoms with Crippen LogP contribution in [-0.2, 0) is 9.63 Å². The number of hydrogen-bond acceptors (Lipinski definition) is 5. The SMILES string of the molecule is NC(=O)CONC(=O)c1cn[nH]n1. The summed E-state index contributed by atoms with van der Waals surface area (Å²) in [6.07, 6.45) is 1.21. The molecule has 0 saturated carbocycles. The first-order valence-electron chi connectivity index (χ1n) is 3.26. The van der Waals surface area contributed by atoms with Crippen LogP contribution in [0.5, 0.6) is 0 Å². The van der Waals surface area contributed by atoms with E-state index in [1.165, 1.54) is 6.20 Å². The highest BCUT2D eigenvalue weighted by Crippen LogP contribution is 1.86. The number of nitrogens with two attached hydrogens (primary N) is 1. The quantitative estimate of drug-likeness (QED) is 0.466. The van der Waals surface area contributed by atoms with Gasteiger partial charge in [-0.15, -0.1) is 0 Å². The van der Waals surface area contributed by atoms with Crippen molar-refractivity contribution in [2.75, 3.05) is 6.61 Å². The lowest BCUT2D eigenvalue weighted by Gasteiger charge is -1.99. The van der Waals surface area contributed by atoms with Crippen LogP contribution >= 0.6 is 0 Å². The predicted molar refractivity (Wildman–Crippen MR) is 39.0 cm³/mol. The van der Waals surface area contributed by atoms with Gasteiger partial charge in [-0.3, -0.25) is 14.4 Å². The van der Waals surface area contributed by atoms with Gasteiger partial charge in [0.2, 0.25) is 5.91 Å². The summed E-state index contributed by atoms with van der Waals surface area (Å²) >= 11 is 0. The van der Waals surface area contributed by atoms with Crippen LogP contribution in [0.25, 0.3) is 0 Å². The number of aromatic amines is 1. The van der Waals surface area contributed by atoms with E-state index in [2.05, 4.69) is 20.2 Å². The van der Waals surface area contributed by atoms with E-state index in [9.17, 15) is 9.59 Å². The van der Waals surface area contributed by atoms with E-state index in [1.807, 2.05) is 5.48 Å². The molecule has 0 aromatic carbocycles. The van der Waals surface area contributed by atoms with E-state index in [1.54, 1.807) is 0 Å². The second kappa shape index (κ2) is 4.16. The highest BCUT2D eigenvalue weighted by molar-refractivity contribution is 5.91. The van der Waals surface area contributed by atoms with Crippen molar-refractivity contribution in [1.29, 1.82) is 0 Å². The number of hydrogen-bond donors (Lipinski definition) is 3. The Bertz CT molecular complexity index is 295. The smallest absolute Gasteiger partial charge is 0.297 e. The lowest BCUT2D eigenvalue weighted by Crippen LogP contribution is -2.29. The Hall–Kier alpha value is -1.96. The molecule has 0 aliphatic rings. The maximum atomic E-state index is 11.0. The van der Waals surface area contributed by atoms with Crippen LogP contribution in [0.1, 0.15) is 10.5 Å². The minimum atomic E-state index is -0.680. The average molecular weight is 185 g/mol. The Morgan fingerprint density at radius 3 is 3.00 bits per heavy atom. The molecular formula is C5H7N5O3. The second-order valence-corrected chi connectivity index (χ2v) is 2.04. The number of nitrogens with one attached hydrogen (secondary N) is 2. The van der Waals surface area contributed by atoms with Crippen molar-refractivity contribution in [3.05, 3.63) is 11.9 Å². The molecule has 8 nitrogen and oxygen atoms in total. The Morgan fingerprint density at radius 2 is 2.46 bits per heavy atom. The molecule has 0 aliphatic heterocycles. The van der Waals surface area contributed by atoms with Crippen molar-refractivity contribution in [3.8, 4) is 0 Å². The van der Waals surface area contributed by atoms with Crippen molar-refractivity contribution in [2.45, 2.75) is 0 Å². The summed E-state index contributed by atoms with van der Waals surface area (Å²) in [5.74, 6) is -1.28. The third-order valence-corrected chi connectivity index (χ3v) is 1.03. The average Bonchev–Trinajstić information content (AvgIpc) is 2.55. The van der Waals surface area contributed by atoms with Crippen molar-refractivity contribution in [3.63, 3.8) is 0 Å². The zero-order valence-electron chi connectivity index (χ0n) is 6.48. The van der Waals surface area contributed by atoms with Crippen LogP contribution in [0.2, 0.25) is 0 Å². The number of nitrogens with zero attached hydrogens (tertiary/aromatic N) is 2. The van der Waals surface area contributed by atoms with Gasteiger partial charge in [0.1, 0.15) is 0 Å². The summed E-state index contributed by atoms with van der Waals surface area (Å²) in [5.41, 5.74) is 6.76. The van der Waals surface area contributed by atoms with Gasteiger partial charge < -0.3 is 5.73 Å². The van der Waals surface area contributed by atoms with Gasteiger partial charge in [-0.25, -0.2) is 5.48 Å². The molecule has 0 bridgehead atoms. The first-order chi connectivity index (χ1) is 6.20. The van der Waals surface area contributed by atoms with Gasteiger partial charge in [0, 0.05) is 0 Å². The van der Waals surface area contributed by atoms with Crippen LogP contribution in [-0.4, -0.2) is 33.8 Å². The molecule has 13 heavy (non-hydrogen) atoms. The van der Waals surface area contributed by atoms with Crippen molar-refractivity contribution in [2.24, 2.45) is 5.73 Å². The molecule has 0 radical (unpaired) electrons. The molecule has 4 N–H and O–H groups in total. The van der Waals surface area contributed by atoms with Crippen LogP contribution in [0.4, 0.5) is 0 Å². The first-order valence-corrected chi connectivity index (χ1v) is 3.26. The lowest BCUT2D eigenvalue weighted by molar-refractivity contribution is -0.124. The molecule has 2 amide bonds. The molecular weight excluding hydrogens is 178 g/mol. The van der Waals surface area contributed by atoms with Crippen molar-refractivity contribution < 1.29 is 14.4 Å². The molecule has 1 aromatic rings. The largest absolute Gasteiger partial charge is 0.368 e. The molecule has 70 valence electrons. The molecule has 1 rings (SSSR count). The number of H-pyrrole nitrogens is 1. The third kappa shape index (κ3) is 2.87. The number of aromatic nitrogens is 3. The maximum Gasteiger partial charge on any atom is 0.297 e. The number of rotatable bonds is 4. The molecule has 1 aromatic heterocycles. The zero-order chi connectivity index (χ0) is 9.68. The van der Waals surface area contributed by atoms with Gasteiger partial charge in [-0.1, -0.05) is 0 Å². The summed E-state index contributed by atoms with van der Waals surface area (Å²) in [7, 11) is 0. The van der Waals surface area contributed by atoms with Crippen LogP contribution in [0.3, 0.4) is 0 Å². The number of hydroxylamine groups is 1. The molecule has 0 fully saturated rings. The number of primary amides is 1. The first kappa shape index (κ1) is 9.13. The minimum absolute atomic E-state index is 0.0597. The summed E-state index contributed by atoms with van der Waals surface area (Å²) in [6, 6.07) is 0. The van der Waals surface area contributed by atoms with Crippen LogP contribution in [0, 0.1) is 0 Å². The summed E-state index contributed by atoms with van der Waals surface area (Å²) in [6.45, 7) is -0.385. The van der Waals surface area contributed by atoms with Gasteiger partial charge in [-0.2, -0.15) is 15.4 Å². The molecule has 0 spiro atoms. The van der Waals surface area contributed by atoms with Crippen molar-refractivity contribution >= 4 is 11.8 Å². The second-order valence-electron chi connectivity index (χ2n) is 2.04. The third-order valence-electron chi connectivity index (χ3n) is 1.03. The lowest BCUT2D eigenvalue weighted by atomic mass is 10.5. The fourth-order valence-corrected chi connectivity index (χ4v) is 0.536. The van der Waals surface area contributed by atoms with Crippen LogP contribution < -0.4 is 11.2 Å². The highest BCUT2D eigenvalue weighted by atomic mass is 16.7. The van der Waals surface area contributed by atoms with Gasteiger partial charge in [0.25, 0.3) is 5.91 Å². The van der Waals surface area contributed by atoms with Crippen LogP contribution in [0.15, 0.2) is 6.20 Å². The predicted octanol–water partition coefficient (Wildman–Crippen LogP) is -2.05. The maximum absolute atomic E-state index is 11.0. The van der Waals surface area contributed by atoms with Gasteiger partial charge >= 0.3 is 0 Å². The molecule has 0 aliphatic carbocycles. The summed E-state index contributed by atoms with van der Waals surface area (Å²) < 4.78 is 0. The monoisotopic (exact) mass is 185 g/mol. The number of amides is 2. The Labute approximate surface area is 72.4 Å². The molecule has 0 unspecified atom stereocenters. The Kier molecular flexibility index (Phi) is 2.92. The molecule has 0 atom stereocenters. The van der Waals surface area contributed by atoms with E-state index < -0.39 is 11.8 Å². The van der Waals surface area contributed by atoms with E-state index in [0.717, 1.165) is 0 Å². The normalized spacial score (nSPS) is 9.54. The van der Waals surface area contributed by atoms with Gasteiger partial charge in [0.05, 0.1) is 6.20 Å². The number of carbonyl (C=O) groups is 2. The standard InChI is InChI=1S/C5H7N5O3/c6-4(11)2-13-9-5(12)3-1-7-10-8-3/h1H,2H2,(H2,6,11)(H,9,12)(H,7,8,10). The number of carbonyl (C=O) groups excluding carboxylic acids is 2. The van der Waals surface area contributed by atoms with Gasteiger partial charge in [0.15, 0.2) is 12.3 Å². The Morgan fingerprint density at radius 1 is 1.69 bits per heavy atom. The van der Waals surface area contributed by atoms with Gasteiger partial charge in [-0.05, 0) is 0 Å². The van der Waals surface area contributed by atoms with E-state index in [-0.39, 0.29) is 12.3 Å². The fraction of sp³-hybridized carbons (Fsp3) is 0.200. The minimum Gasteiger partial charge on any atom is -0.368 e. The molecule has 0 saturated heterocycles. The van der Waals surface area contributed by atoms with E-state index in [4.69, 9.17) is 5.73 Å².